The Balaban J connectivity index is 2.22. The molecular formula is C17H15BrN2O. The molecule has 2 aromatic carbocycles. The van der Waals surface area contributed by atoms with E-state index < -0.39 is 0 Å². The van der Waals surface area contributed by atoms with Crippen LogP contribution in [0.15, 0.2) is 51.5 Å². The third-order valence-corrected chi connectivity index (χ3v) is 4.43. The number of nitrogens with two attached hydrogens (primary N) is 1. The number of hydrogen-bond donors (Lipinski definition) is 1. The number of hydrogen-bond acceptors (Lipinski definition) is 3. The van der Waals surface area contributed by atoms with Crippen molar-refractivity contribution in [2.45, 2.75) is 13.8 Å². The Morgan fingerprint density at radius 1 is 1.05 bits per heavy atom. The van der Waals surface area contributed by atoms with Gasteiger partial charge in [-0.05, 0) is 36.6 Å². The third-order valence-electron chi connectivity index (χ3n) is 3.58. The van der Waals surface area contributed by atoms with Crippen LogP contribution < -0.4 is 5.73 Å². The number of nitrogen functional groups attached to an aromatic ring is 1. The SMILES string of the molecule is Cc1ccc(-c2noc(N)c2-c2ccccc2C)cc1Br. The number of benzene rings is 2. The molecule has 0 aliphatic rings. The Bertz CT molecular complexity index is 808. The van der Waals surface area contributed by atoms with Crippen molar-refractivity contribution < 1.29 is 4.52 Å². The lowest BCUT2D eigenvalue weighted by molar-refractivity contribution is 0.439. The second-order valence-corrected chi connectivity index (χ2v) is 5.90. The van der Waals surface area contributed by atoms with Crippen molar-refractivity contribution in [3.05, 3.63) is 58.1 Å². The minimum Gasteiger partial charge on any atom is -0.367 e. The first-order valence-electron chi connectivity index (χ1n) is 6.65. The highest BCUT2D eigenvalue weighted by molar-refractivity contribution is 9.10. The van der Waals surface area contributed by atoms with Crippen LogP contribution >= 0.6 is 15.9 Å². The van der Waals surface area contributed by atoms with Crippen molar-refractivity contribution in [2.24, 2.45) is 0 Å². The van der Waals surface area contributed by atoms with Gasteiger partial charge in [0.05, 0.1) is 5.56 Å². The highest BCUT2D eigenvalue weighted by atomic mass is 79.9. The van der Waals surface area contributed by atoms with Crippen LogP contribution in [0, 0.1) is 13.8 Å². The summed E-state index contributed by atoms with van der Waals surface area (Å²) < 4.78 is 6.28. The lowest BCUT2D eigenvalue weighted by Crippen LogP contribution is -1.90. The van der Waals surface area contributed by atoms with Gasteiger partial charge in [-0.2, -0.15) is 0 Å². The van der Waals surface area contributed by atoms with E-state index >= 15 is 0 Å². The van der Waals surface area contributed by atoms with Crippen LogP contribution in [0.2, 0.25) is 0 Å². The van der Waals surface area contributed by atoms with Crippen LogP contribution in [0.5, 0.6) is 0 Å². The Labute approximate surface area is 131 Å². The van der Waals surface area contributed by atoms with Gasteiger partial charge in [-0.3, -0.25) is 0 Å². The lowest BCUT2D eigenvalue weighted by Gasteiger charge is -2.07. The summed E-state index contributed by atoms with van der Waals surface area (Å²) in [5.41, 5.74) is 12.0. The molecule has 0 radical (unpaired) electrons. The van der Waals surface area contributed by atoms with Crippen molar-refractivity contribution in [3.8, 4) is 22.4 Å². The first-order valence-corrected chi connectivity index (χ1v) is 7.45. The average molecular weight is 343 g/mol. The molecule has 0 spiro atoms. The average Bonchev–Trinajstić information content (AvgIpc) is 2.84. The van der Waals surface area contributed by atoms with E-state index in [1.165, 1.54) is 5.56 Å². The van der Waals surface area contributed by atoms with Crippen LogP contribution in [-0.2, 0) is 0 Å². The summed E-state index contributed by atoms with van der Waals surface area (Å²) in [5, 5.41) is 4.15. The molecule has 0 fully saturated rings. The predicted octanol–water partition coefficient (Wildman–Crippen LogP) is 4.97. The summed E-state index contributed by atoms with van der Waals surface area (Å²) in [5.74, 6) is 0.344. The van der Waals surface area contributed by atoms with Gasteiger partial charge in [0, 0.05) is 10.0 Å². The molecule has 0 aliphatic heterocycles. The molecule has 4 heteroatoms. The summed E-state index contributed by atoms with van der Waals surface area (Å²) >= 11 is 3.56. The second kappa shape index (κ2) is 5.37. The van der Waals surface area contributed by atoms with Crippen LogP contribution in [0.25, 0.3) is 22.4 Å². The topological polar surface area (TPSA) is 52.0 Å². The Morgan fingerprint density at radius 3 is 2.52 bits per heavy atom. The summed E-state index contributed by atoms with van der Waals surface area (Å²) in [6.07, 6.45) is 0. The number of rotatable bonds is 2. The molecule has 3 aromatic rings. The Hall–Kier alpha value is -2.07. The van der Waals surface area contributed by atoms with Gasteiger partial charge >= 0.3 is 0 Å². The number of nitrogens with zero attached hydrogens (tertiary/aromatic N) is 1. The molecule has 1 aromatic heterocycles. The Kier molecular flexibility index (Phi) is 3.55. The van der Waals surface area contributed by atoms with Crippen molar-refractivity contribution >= 4 is 21.8 Å². The molecule has 106 valence electrons. The summed E-state index contributed by atoms with van der Waals surface area (Å²) in [6, 6.07) is 14.2. The zero-order valence-corrected chi connectivity index (χ0v) is 13.4. The summed E-state index contributed by atoms with van der Waals surface area (Å²) in [7, 11) is 0. The van der Waals surface area contributed by atoms with E-state index in [0.717, 1.165) is 32.4 Å². The highest BCUT2D eigenvalue weighted by Gasteiger charge is 2.19. The first-order chi connectivity index (χ1) is 10.1. The molecule has 2 N–H and O–H groups in total. The monoisotopic (exact) mass is 342 g/mol. The van der Waals surface area contributed by atoms with Crippen LogP contribution in [0.1, 0.15) is 11.1 Å². The summed E-state index contributed by atoms with van der Waals surface area (Å²) in [6.45, 7) is 4.10. The van der Waals surface area contributed by atoms with Gasteiger partial charge in [0.15, 0.2) is 0 Å². The van der Waals surface area contributed by atoms with Gasteiger partial charge in [0.1, 0.15) is 5.69 Å². The molecule has 0 saturated carbocycles. The molecule has 3 nitrogen and oxygen atoms in total. The first kappa shape index (κ1) is 13.9. The number of anilines is 1. The van der Waals surface area contributed by atoms with Gasteiger partial charge in [-0.15, -0.1) is 0 Å². The third kappa shape index (κ3) is 2.47. The van der Waals surface area contributed by atoms with E-state index in [1.54, 1.807) is 0 Å². The van der Waals surface area contributed by atoms with Gasteiger partial charge < -0.3 is 10.3 Å². The van der Waals surface area contributed by atoms with E-state index in [0.29, 0.717) is 5.88 Å². The van der Waals surface area contributed by atoms with Gasteiger partial charge in [-0.25, -0.2) is 0 Å². The number of aromatic nitrogens is 1. The van der Waals surface area contributed by atoms with Crippen LogP contribution in [-0.4, -0.2) is 5.16 Å². The second-order valence-electron chi connectivity index (χ2n) is 5.05. The molecule has 0 unspecified atom stereocenters. The van der Waals surface area contributed by atoms with Crippen molar-refractivity contribution in [3.63, 3.8) is 0 Å². The fourth-order valence-corrected chi connectivity index (χ4v) is 2.73. The maximum absolute atomic E-state index is 6.01. The minimum absolute atomic E-state index is 0.344. The van der Waals surface area contributed by atoms with E-state index in [4.69, 9.17) is 10.3 Å². The Morgan fingerprint density at radius 2 is 1.81 bits per heavy atom. The van der Waals surface area contributed by atoms with Gasteiger partial charge in [-0.1, -0.05) is 57.5 Å². The maximum Gasteiger partial charge on any atom is 0.230 e. The fourth-order valence-electron chi connectivity index (χ4n) is 2.35. The quantitative estimate of drug-likeness (QED) is 0.715. The maximum atomic E-state index is 6.01. The molecule has 0 saturated heterocycles. The molecule has 3 rings (SSSR count). The van der Waals surface area contributed by atoms with E-state index in [9.17, 15) is 0 Å². The highest BCUT2D eigenvalue weighted by Crippen LogP contribution is 2.38. The largest absolute Gasteiger partial charge is 0.367 e. The predicted molar refractivity (Wildman–Crippen MR) is 89.0 cm³/mol. The van der Waals surface area contributed by atoms with E-state index in [1.807, 2.05) is 43.3 Å². The van der Waals surface area contributed by atoms with Gasteiger partial charge in [0.25, 0.3) is 0 Å². The number of aryl methyl sites for hydroxylation is 2. The van der Waals surface area contributed by atoms with E-state index in [2.05, 4.69) is 34.1 Å². The standard InChI is InChI=1S/C17H15BrN2O/c1-10-5-3-4-6-13(10)15-16(20-21-17(15)19)12-8-7-11(2)14(18)9-12/h3-9H,19H2,1-2H3. The van der Waals surface area contributed by atoms with Gasteiger partial charge in [0.2, 0.25) is 5.88 Å². The molecule has 0 bridgehead atoms. The van der Waals surface area contributed by atoms with Crippen molar-refractivity contribution in [1.82, 2.24) is 5.16 Å². The number of halogens is 1. The lowest BCUT2D eigenvalue weighted by atomic mass is 9.97. The van der Waals surface area contributed by atoms with Crippen LogP contribution in [0.4, 0.5) is 5.88 Å². The molecule has 1 heterocycles. The molecule has 0 amide bonds. The zero-order chi connectivity index (χ0) is 15.0. The van der Waals surface area contributed by atoms with Crippen LogP contribution in [0.3, 0.4) is 0 Å². The molecule has 0 aliphatic carbocycles. The van der Waals surface area contributed by atoms with Crippen molar-refractivity contribution in [1.29, 1.82) is 0 Å². The smallest absolute Gasteiger partial charge is 0.230 e. The molecular weight excluding hydrogens is 328 g/mol. The molecule has 21 heavy (non-hydrogen) atoms. The van der Waals surface area contributed by atoms with E-state index in [-0.39, 0.29) is 0 Å². The minimum atomic E-state index is 0.344. The molecule has 0 atom stereocenters. The normalized spacial score (nSPS) is 10.8. The zero-order valence-electron chi connectivity index (χ0n) is 11.9. The summed E-state index contributed by atoms with van der Waals surface area (Å²) in [4.78, 5) is 0. The fraction of sp³-hybridized carbons (Fsp3) is 0.118. The van der Waals surface area contributed by atoms with Crippen molar-refractivity contribution in [2.75, 3.05) is 5.73 Å².